The Morgan fingerprint density at radius 3 is 1.14 bits per heavy atom. The molecule has 0 unspecified atom stereocenters. The molecule has 0 saturated heterocycles. The fourth-order valence-corrected chi connectivity index (χ4v) is 11.8. The molecule has 0 aliphatic heterocycles. The van der Waals surface area contributed by atoms with E-state index < -0.39 is 103 Å². The van der Waals surface area contributed by atoms with E-state index in [0.29, 0.717) is 0 Å². The molecule has 2 aromatic heterocycles. The number of benzene rings is 7. The molecule has 2 heterocycles. The summed E-state index contributed by atoms with van der Waals surface area (Å²) in [7, 11) is -25.6. The van der Waals surface area contributed by atoms with Gasteiger partial charge in [-0.2, -0.15) is 37.0 Å². The Balaban J connectivity index is 0.00000369. The number of hydrogen-bond donors (Lipinski definition) is 6. The van der Waals surface area contributed by atoms with Gasteiger partial charge in [0.2, 0.25) is 33.0 Å². The minimum absolute atomic E-state index is 0. The van der Waals surface area contributed by atoms with Crippen molar-refractivity contribution in [2.75, 3.05) is 0 Å². The number of fused-ring (bicyclic) bond motifs is 2. The summed E-state index contributed by atoms with van der Waals surface area (Å²) < 4.78 is 179. The van der Waals surface area contributed by atoms with E-state index in [2.05, 4.69) is 80.3 Å². The Morgan fingerprint density at radius 2 is 0.763 bits per heavy atom. The zero-order valence-electron chi connectivity index (χ0n) is 48.7. The van der Waals surface area contributed by atoms with Crippen molar-refractivity contribution in [2.24, 2.45) is 50.4 Å². The van der Waals surface area contributed by atoms with E-state index in [-0.39, 0.29) is 243 Å². The summed E-state index contributed by atoms with van der Waals surface area (Å²) in [5.74, 6) is -1.47. The number of H-pyrrole nitrogens is 4. The van der Waals surface area contributed by atoms with Crippen LogP contribution >= 0.6 is 23.2 Å². The van der Waals surface area contributed by atoms with Gasteiger partial charge in [0, 0.05) is 21.5 Å². The van der Waals surface area contributed by atoms with Crippen molar-refractivity contribution >= 4 is 164 Å². The molecular weight excluding hydrogens is 1420 g/mol. The van der Waals surface area contributed by atoms with Crippen LogP contribution in [0, 0.1) is 0 Å². The van der Waals surface area contributed by atoms with E-state index in [1.807, 2.05) is 0 Å². The number of nitrogens with one attached hydrogen (secondary N) is 4. The zero-order valence-corrected chi connectivity index (χ0v) is 64.2. The molecule has 0 aliphatic rings. The average molecular weight is 1450 g/mol. The van der Waals surface area contributed by atoms with Crippen molar-refractivity contribution in [1.82, 2.24) is 29.9 Å². The number of aromatic amines is 4. The van der Waals surface area contributed by atoms with E-state index >= 15 is 0 Å². The molecule has 0 radical (unpaired) electrons. The molecule has 33 nitrogen and oxygen atoms in total. The fourth-order valence-electron chi connectivity index (χ4n) is 8.02. The van der Waals surface area contributed by atoms with E-state index in [0.717, 1.165) is 92.7 Å². The van der Waals surface area contributed by atoms with Crippen LogP contribution in [-0.2, 0) is 50.6 Å². The molecule has 93 heavy (non-hydrogen) atoms. The number of halogens is 2. The third kappa shape index (κ3) is 21.0. The molecule has 454 valence electrons. The van der Waals surface area contributed by atoms with Gasteiger partial charge in [0.05, 0.1) is 60.2 Å². The van der Waals surface area contributed by atoms with Gasteiger partial charge in [0.1, 0.15) is 51.5 Å². The molecule has 45 heteroatoms. The van der Waals surface area contributed by atoms with E-state index in [9.17, 15) is 75.1 Å². The third-order valence-electron chi connectivity index (χ3n) is 11.4. The van der Waals surface area contributed by atoms with Crippen molar-refractivity contribution in [3.63, 3.8) is 0 Å². The molecule has 0 saturated carbocycles. The molecule has 6 N–H and O–H groups in total. The molecule has 0 atom stereocenters. The SMILES string of the molecule is CC([O-])=Nc1cc(N=c2nc(Cl)[nH]c(=Nc3ccc(S(=O)(=O)[O-])c(N=c4[nH]c(Cl)nc(=Nc5ccc(N=Nc6cc(S(=O)(=O)O)c7cccc(S(=O)(=O)[O-])c7c6)c(N=C(C)[O-])c5)[nH]4)c3)[nH]2)ccc1N=Nc1cc(S(=O)(=O)O)c2cccc(S(=O)(=O)[O-])c2c1.[Na+].[Na+].[Na+].[Na+].[Na+]. The summed E-state index contributed by atoms with van der Waals surface area (Å²) in [5.41, 5.74) is -2.91. The third-order valence-corrected chi connectivity index (χ3v) is 16.2. The van der Waals surface area contributed by atoms with Crippen LogP contribution in [-0.4, -0.2) is 107 Å². The zero-order chi connectivity index (χ0) is 63.8. The Kier molecular flexibility index (Phi) is 28.5. The molecule has 9 rings (SSSR count). The van der Waals surface area contributed by atoms with Crippen LogP contribution in [0.1, 0.15) is 13.8 Å². The molecule has 9 aromatic rings. The number of hydrogen-bond acceptors (Lipinski definition) is 27. The number of nitrogens with zero attached hydrogens (tertiary/aromatic N) is 12. The van der Waals surface area contributed by atoms with E-state index in [4.69, 9.17) is 23.2 Å². The van der Waals surface area contributed by atoms with Gasteiger partial charge in [-0.3, -0.25) is 29.1 Å². The topological polar surface area (TPSA) is 539 Å². The Bertz CT molecular complexity index is 5500. The van der Waals surface area contributed by atoms with Crippen molar-refractivity contribution in [3.05, 3.63) is 148 Å². The number of aromatic nitrogens is 6. The quantitative estimate of drug-likeness (QED) is 0.0182. The molecule has 0 amide bonds. The fraction of sp³-hybridized carbons (Fsp3) is 0.0417. The van der Waals surface area contributed by atoms with Gasteiger partial charge >= 0.3 is 148 Å². The minimum atomic E-state index is -5.26. The summed E-state index contributed by atoms with van der Waals surface area (Å²) in [6, 6.07) is 20.9. The largest absolute Gasteiger partial charge is 1.00 e. The van der Waals surface area contributed by atoms with Crippen LogP contribution in [0.15, 0.2) is 190 Å². The Labute approximate surface area is 645 Å². The van der Waals surface area contributed by atoms with Crippen LogP contribution in [0.25, 0.3) is 21.5 Å². The molecule has 0 bridgehead atoms. The van der Waals surface area contributed by atoms with Crippen molar-refractivity contribution < 1.29 is 223 Å². The maximum atomic E-state index is 12.5. The van der Waals surface area contributed by atoms with Gasteiger partial charge < -0.3 is 33.8 Å². The maximum Gasteiger partial charge on any atom is 1.00 e. The van der Waals surface area contributed by atoms with Gasteiger partial charge in [-0.15, -0.1) is 10.2 Å². The summed E-state index contributed by atoms with van der Waals surface area (Å²) in [6.07, 6.45) is 0. The Morgan fingerprint density at radius 1 is 0.398 bits per heavy atom. The van der Waals surface area contributed by atoms with Gasteiger partial charge in [-0.1, -0.05) is 24.3 Å². The predicted octanol–water partition coefficient (Wildman–Crippen LogP) is -9.79. The van der Waals surface area contributed by atoms with E-state index in [1.54, 1.807) is 0 Å². The summed E-state index contributed by atoms with van der Waals surface area (Å²) in [5, 5.41) is 38.4. The standard InChI is InChI=1S/C48H36Cl2N16O17S5.5Na/c1-22(67)51-35-17-24(9-12-33(35)65-63-27-15-31-29(41(20-27)87(78,79)80)5-3-7-38(31)84(69,70)71)53-45-57-43(49)58-46(61-45)55-26-11-14-40(86(75,76)77)37(19-26)56-48-60-44(50)59-47(62-48)54-25-10-13-34(36(18-25)52-23(2)68)66-64-28-16-32-30(42(21-28)88(81,82)83)6-4-8-39(32)85(72,73)74;;;;;/h3-21H,1-2H3,(H,51,67)(H,52,68)(H,69,70,71)(H,72,73,74)(H,75,76,77)(H,78,79,80)(H,81,82,83)(H2,53,55,57,58,61)(H2,54,56,59,60,62);;;;;/q;5*+1/p-5. The van der Waals surface area contributed by atoms with Gasteiger partial charge in [-0.05, 0) is 140 Å². The van der Waals surface area contributed by atoms with Crippen LogP contribution < -0.4 is 180 Å². The maximum absolute atomic E-state index is 12.5. The summed E-state index contributed by atoms with van der Waals surface area (Å²) >= 11 is 12.6. The first-order valence-corrected chi connectivity index (χ1v) is 31.6. The number of azo groups is 2. The first kappa shape index (κ1) is 81.0. The molecule has 7 aromatic carbocycles. The average Bonchev–Trinajstić information content (AvgIpc) is 0.776. The van der Waals surface area contributed by atoms with Gasteiger partial charge in [0.15, 0.2) is 0 Å². The molecular formula is C48H31Cl2N16Na5O17S5. The van der Waals surface area contributed by atoms with Crippen LogP contribution in [0.5, 0.6) is 0 Å². The van der Waals surface area contributed by atoms with Crippen molar-refractivity contribution in [3.8, 4) is 0 Å². The summed E-state index contributed by atoms with van der Waals surface area (Å²) in [6.45, 7) is 2.20. The second-order valence-corrected chi connectivity index (χ2v) is 25.2. The van der Waals surface area contributed by atoms with Crippen LogP contribution in [0.4, 0.5) is 56.9 Å². The molecule has 0 fully saturated rings. The number of rotatable bonds is 15. The molecule has 0 aliphatic carbocycles. The second kappa shape index (κ2) is 32.7. The molecule has 0 spiro atoms. The summed E-state index contributed by atoms with van der Waals surface area (Å²) in [4.78, 5) is 39.7. The second-order valence-electron chi connectivity index (χ2n) is 17.7. The van der Waals surface area contributed by atoms with Gasteiger partial charge in [-0.25, -0.2) is 45.2 Å². The van der Waals surface area contributed by atoms with Crippen LogP contribution in [0.3, 0.4) is 0 Å². The normalized spacial score (nSPS) is 13.4. The van der Waals surface area contributed by atoms with Crippen molar-refractivity contribution in [2.45, 2.75) is 38.3 Å². The minimum Gasteiger partial charge on any atom is -0.862 e. The first-order valence-electron chi connectivity index (χ1n) is 23.7. The Hall–Kier alpha value is -4.45. The van der Waals surface area contributed by atoms with Crippen molar-refractivity contribution in [1.29, 1.82) is 0 Å². The predicted molar refractivity (Wildman–Crippen MR) is 301 cm³/mol. The first-order chi connectivity index (χ1) is 41.1. The number of aliphatic imine (C=N–C) groups is 2. The van der Waals surface area contributed by atoms with Crippen LogP contribution in [0.2, 0.25) is 10.6 Å². The smallest absolute Gasteiger partial charge is 0.862 e. The van der Waals surface area contributed by atoms with Gasteiger partial charge in [0.25, 0.3) is 20.2 Å². The monoisotopic (exact) mass is 1450 g/mol. The van der Waals surface area contributed by atoms with E-state index in [1.165, 1.54) is 36.4 Å².